The van der Waals surface area contributed by atoms with Crippen molar-refractivity contribution < 1.29 is 9.59 Å². The Morgan fingerprint density at radius 1 is 0.923 bits per heavy atom. The van der Waals surface area contributed by atoms with Gasteiger partial charge in [-0.2, -0.15) is 0 Å². The van der Waals surface area contributed by atoms with Gasteiger partial charge in [-0.15, -0.1) is 0 Å². The van der Waals surface area contributed by atoms with Crippen molar-refractivity contribution in [2.75, 3.05) is 31.2 Å². The molecule has 0 spiro atoms. The molecule has 134 valence electrons. The summed E-state index contributed by atoms with van der Waals surface area (Å²) >= 11 is 5.99. The molecule has 2 aromatic carbocycles. The summed E-state index contributed by atoms with van der Waals surface area (Å²) in [5.74, 6) is 0.107. The number of nitrogens with zero attached hydrogens (tertiary/aromatic N) is 3. The molecule has 0 N–H and O–H groups in total. The van der Waals surface area contributed by atoms with Crippen LogP contribution in [0.2, 0.25) is 5.02 Å². The van der Waals surface area contributed by atoms with Crippen LogP contribution in [-0.4, -0.2) is 47.9 Å². The van der Waals surface area contributed by atoms with E-state index in [1.54, 1.807) is 29.3 Å². The maximum absolute atomic E-state index is 12.7. The molecule has 2 aliphatic heterocycles. The minimum Gasteiger partial charge on any atom is -0.336 e. The Kier molecular flexibility index (Phi) is 4.66. The second kappa shape index (κ2) is 7.09. The predicted octanol–water partition coefficient (Wildman–Crippen LogP) is 2.99. The first-order valence-electron chi connectivity index (χ1n) is 8.84. The maximum atomic E-state index is 12.7. The summed E-state index contributed by atoms with van der Waals surface area (Å²) in [5.41, 5.74) is 2.77. The van der Waals surface area contributed by atoms with Crippen molar-refractivity contribution in [3.05, 3.63) is 64.7 Å². The fraction of sp³-hybridized carbons (Fsp3) is 0.300. The van der Waals surface area contributed by atoms with Crippen molar-refractivity contribution in [2.24, 2.45) is 0 Å². The molecule has 2 heterocycles. The standard InChI is InChI=1S/C20H20ClN3O2/c21-17-6-3-5-16(14-17)20(26)22-10-12-23(13-11-22)24-18-7-2-1-4-15(18)8-9-19(24)25/h1-7,14H,8-13H2. The number of rotatable bonds is 2. The average molecular weight is 370 g/mol. The minimum atomic E-state index is -0.0162. The smallest absolute Gasteiger partial charge is 0.253 e. The first-order valence-corrected chi connectivity index (χ1v) is 9.22. The average Bonchev–Trinajstić information content (AvgIpc) is 2.67. The molecule has 0 radical (unpaired) electrons. The lowest BCUT2D eigenvalue weighted by Crippen LogP contribution is -2.57. The van der Waals surface area contributed by atoms with Crippen molar-refractivity contribution in [1.82, 2.24) is 9.91 Å². The summed E-state index contributed by atoms with van der Waals surface area (Å²) in [5, 5.41) is 4.42. The van der Waals surface area contributed by atoms with E-state index in [1.165, 1.54) is 5.56 Å². The Bertz CT molecular complexity index is 846. The molecule has 4 rings (SSSR count). The van der Waals surface area contributed by atoms with Crippen LogP contribution in [0.4, 0.5) is 5.69 Å². The number of para-hydroxylation sites is 1. The van der Waals surface area contributed by atoms with E-state index in [0.29, 0.717) is 43.2 Å². The summed E-state index contributed by atoms with van der Waals surface area (Å²) in [7, 11) is 0. The van der Waals surface area contributed by atoms with Crippen molar-refractivity contribution in [2.45, 2.75) is 12.8 Å². The highest BCUT2D eigenvalue weighted by Gasteiger charge is 2.32. The zero-order valence-electron chi connectivity index (χ0n) is 14.4. The number of fused-ring (bicyclic) bond motifs is 1. The predicted molar refractivity (Wildman–Crippen MR) is 101 cm³/mol. The largest absolute Gasteiger partial charge is 0.336 e. The number of benzene rings is 2. The second-order valence-electron chi connectivity index (χ2n) is 6.59. The van der Waals surface area contributed by atoms with Gasteiger partial charge in [-0.05, 0) is 36.2 Å². The Balaban J connectivity index is 1.47. The van der Waals surface area contributed by atoms with Crippen LogP contribution in [0.3, 0.4) is 0 Å². The first-order chi connectivity index (χ1) is 12.6. The monoisotopic (exact) mass is 369 g/mol. The number of halogens is 1. The molecular formula is C20H20ClN3O2. The number of anilines is 1. The molecule has 5 nitrogen and oxygen atoms in total. The number of hydrazine groups is 1. The zero-order valence-corrected chi connectivity index (χ0v) is 15.2. The third-order valence-electron chi connectivity index (χ3n) is 4.96. The van der Waals surface area contributed by atoms with Crippen LogP contribution in [0.5, 0.6) is 0 Å². The van der Waals surface area contributed by atoms with Crippen molar-refractivity contribution in [3.8, 4) is 0 Å². The van der Waals surface area contributed by atoms with E-state index >= 15 is 0 Å². The summed E-state index contributed by atoms with van der Waals surface area (Å²) in [6, 6.07) is 15.1. The molecular weight excluding hydrogens is 350 g/mol. The Hall–Kier alpha value is -2.37. The van der Waals surface area contributed by atoms with Crippen LogP contribution in [0.25, 0.3) is 0 Å². The van der Waals surface area contributed by atoms with Gasteiger partial charge in [0, 0.05) is 43.2 Å². The Labute approximate surface area is 157 Å². The quantitative estimate of drug-likeness (QED) is 0.817. The number of aryl methyl sites for hydroxylation is 1. The van der Waals surface area contributed by atoms with Gasteiger partial charge >= 0.3 is 0 Å². The van der Waals surface area contributed by atoms with E-state index in [4.69, 9.17) is 11.6 Å². The molecule has 0 bridgehead atoms. The molecule has 0 atom stereocenters. The number of hydrogen-bond acceptors (Lipinski definition) is 3. The topological polar surface area (TPSA) is 43.9 Å². The highest BCUT2D eigenvalue weighted by atomic mass is 35.5. The molecule has 2 aliphatic rings. The van der Waals surface area contributed by atoms with Crippen LogP contribution in [0, 0.1) is 0 Å². The van der Waals surface area contributed by atoms with E-state index in [0.717, 1.165) is 12.1 Å². The van der Waals surface area contributed by atoms with E-state index in [2.05, 4.69) is 11.1 Å². The normalized spacial score (nSPS) is 18.0. The van der Waals surface area contributed by atoms with E-state index in [-0.39, 0.29) is 11.8 Å². The zero-order chi connectivity index (χ0) is 18.1. The second-order valence-corrected chi connectivity index (χ2v) is 7.03. The van der Waals surface area contributed by atoms with Crippen LogP contribution >= 0.6 is 11.6 Å². The van der Waals surface area contributed by atoms with E-state index in [1.807, 2.05) is 23.1 Å². The third kappa shape index (κ3) is 3.20. The van der Waals surface area contributed by atoms with Gasteiger partial charge in [0.25, 0.3) is 5.91 Å². The van der Waals surface area contributed by atoms with Crippen LogP contribution in [0.1, 0.15) is 22.3 Å². The van der Waals surface area contributed by atoms with Gasteiger partial charge in [-0.3, -0.25) is 9.59 Å². The number of piperazine rings is 1. The van der Waals surface area contributed by atoms with Crippen LogP contribution in [0.15, 0.2) is 48.5 Å². The molecule has 0 saturated carbocycles. The fourth-order valence-electron chi connectivity index (χ4n) is 3.62. The lowest BCUT2D eigenvalue weighted by atomic mass is 10.0. The minimum absolute atomic E-state index is 0.0162. The number of carbonyl (C=O) groups excluding carboxylic acids is 2. The SMILES string of the molecule is O=C(c1cccc(Cl)c1)N1CCN(N2C(=O)CCc3ccccc32)CC1. The summed E-state index contributed by atoms with van der Waals surface area (Å²) in [4.78, 5) is 27.0. The molecule has 2 aromatic rings. The number of hydrogen-bond donors (Lipinski definition) is 0. The maximum Gasteiger partial charge on any atom is 0.253 e. The molecule has 2 amide bonds. The summed E-state index contributed by atoms with van der Waals surface area (Å²) < 4.78 is 0. The lowest BCUT2D eigenvalue weighted by Gasteiger charge is -2.43. The van der Waals surface area contributed by atoms with Crippen LogP contribution in [-0.2, 0) is 11.2 Å². The summed E-state index contributed by atoms with van der Waals surface area (Å²) in [6.45, 7) is 2.42. The van der Waals surface area contributed by atoms with Gasteiger partial charge in [-0.1, -0.05) is 35.9 Å². The molecule has 0 aliphatic carbocycles. The first kappa shape index (κ1) is 17.1. The fourth-order valence-corrected chi connectivity index (χ4v) is 3.81. The van der Waals surface area contributed by atoms with Gasteiger partial charge in [0.1, 0.15) is 0 Å². The summed E-state index contributed by atoms with van der Waals surface area (Å²) in [6.07, 6.45) is 1.32. The van der Waals surface area contributed by atoms with Crippen molar-refractivity contribution in [1.29, 1.82) is 0 Å². The molecule has 26 heavy (non-hydrogen) atoms. The molecule has 0 aromatic heterocycles. The van der Waals surface area contributed by atoms with Crippen LogP contribution < -0.4 is 5.01 Å². The van der Waals surface area contributed by atoms with Gasteiger partial charge < -0.3 is 4.90 Å². The third-order valence-corrected chi connectivity index (χ3v) is 5.20. The highest BCUT2D eigenvalue weighted by molar-refractivity contribution is 6.30. The molecule has 6 heteroatoms. The Morgan fingerprint density at radius 3 is 2.46 bits per heavy atom. The number of amides is 2. The Morgan fingerprint density at radius 2 is 1.69 bits per heavy atom. The van der Waals surface area contributed by atoms with Crippen molar-refractivity contribution >= 4 is 29.1 Å². The van der Waals surface area contributed by atoms with Gasteiger partial charge in [0.2, 0.25) is 5.91 Å². The van der Waals surface area contributed by atoms with E-state index in [9.17, 15) is 9.59 Å². The molecule has 1 saturated heterocycles. The van der Waals surface area contributed by atoms with Crippen molar-refractivity contribution in [3.63, 3.8) is 0 Å². The highest BCUT2D eigenvalue weighted by Crippen LogP contribution is 2.29. The number of carbonyl (C=O) groups is 2. The lowest BCUT2D eigenvalue weighted by molar-refractivity contribution is -0.122. The van der Waals surface area contributed by atoms with Gasteiger partial charge in [0.05, 0.1) is 5.69 Å². The molecule has 0 unspecified atom stereocenters. The van der Waals surface area contributed by atoms with Gasteiger partial charge in [-0.25, -0.2) is 10.0 Å². The van der Waals surface area contributed by atoms with Gasteiger partial charge in [0.15, 0.2) is 0 Å². The molecule has 1 fully saturated rings. The van der Waals surface area contributed by atoms with E-state index < -0.39 is 0 Å².